The summed E-state index contributed by atoms with van der Waals surface area (Å²) in [6.45, 7) is 2.71. The van der Waals surface area contributed by atoms with Gasteiger partial charge in [0.25, 0.3) is 0 Å². The minimum atomic E-state index is -3.63. The normalized spacial score (nSPS) is 12.9. The van der Waals surface area contributed by atoms with Gasteiger partial charge in [0.2, 0.25) is 28.6 Å². The Bertz CT molecular complexity index is 1400. The maximum Gasteiger partial charge on any atom is 0.243 e. The van der Waals surface area contributed by atoms with E-state index in [0.29, 0.717) is 30.2 Å². The first kappa shape index (κ1) is 28.9. The number of nitrogens with one attached hydrogen (secondary N) is 1. The molecule has 9 nitrogen and oxygen atoms in total. The maximum absolute atomic E-state index is 13.8. The van der Waals surface area contributed by atoms with Gasteiger partial charge in [-0.15, -0.1) is 0 Å². The molecule has 212 valence electrons. The number of anilines is 1. The number of hydrogen-bond donors (Lipinski definition) is 1. The Balaban J connectivity index is 1.54. The van der Waals surface area contributed by atoms with Crippen LogP contribution in [0.1, 0.15) is 30.9 Å². The van der Waals surface area contributed by atoms with Crippen LogP contribution < -0.4 is 19.1 Å². The topological polar surface area (TPSA) is 105 Å². The first-order valence-electron chi connectivity index (χ1n) is 13.3. The van der Waals surface area contributed by atoms with Crippen LogP contribution in [0.4, 0.5) is 5.69 Å². The molecule has 1 N–H and O–H groups in total. The molecule has 0 bridgehead atoms. The standard InChI is InChI=1S/C30H35N3O6S/c1-3-31-30(35)26(19-23-11-6-4-7-12-23)32(21-24-13-8-5-9-14-24)29(34)15-10-18-33(40(2,36)37)25-16-17-27-28(20-25)39-22-38-27/h4-9,11-14,16-17,20,26H,3,10,15,18-19,21-22H2,1-2H3,(H,31,35)/t26-/m1/s1. The van der Waals surface area contributed by atoms with Crippen molar-refractivity contribution < 1.29 is 27.5 Å². The molecule has 0 unspecified atom stereocenters. The second kappa shape index (κ2) is 13.3. The number of rotatable bonds is 13. The molecular formula is C30H35N3O6S. The molecule has 0 saturated carbocycles. The third-order valence-corrected chi connectivity index (χ3v) is 7.81. The summed E-state index contributed by atoms with van der Waals surface area (Å²) in [5.41, 5.74) is 2.27. The van der Waals surface area contributed by atoms with Gasteiger partial charge >= 0.3 is 0 Å². The van der Waals surface area contributed by atoms with E-state index in [4.69, 9.17) is 9.47 Å². The fourth-order valence-corrected chi connectivity index (χ4v) is 5.63. The van der Waals surface area contributed by atoms with E-state index in [9.17, 15) is 18.0 Å². The zero-order chi connectivity index (χ0) is 28.5. The molecule has 0 aliphatic carbocycles. The Hall–Kier alpha value is -4.05. The van der Waals surface area contributed by atoms with Crippen LogP contribution in [0.2, 0.25) is 0 Å². The van der Waals surface area contributed by atoms with Crippen LogP contribution in [0, 0.1) is 0 Å². The van der Waals surface area contributed by atoms with E-state index in [1.54, 1.807) is 23.1 Å². The lowest BCUT2D eigenvalue weighted by molar-refractivity contribution is -0.141. The summed E-state index contributed by atoms with van der Waals surface area (Å²) in [6.07, 6.45) is 1.82. The Morgan fingerprint density at radius 1 is 0.925 bits per heavy atom. The number of likely N-dealkylation sites (N-methyl/N-ethyl adjacent to an activating group) is 1. The van der Waals surface area contributed by atoms with Crippen molar-refractivity contribution in [1.29, 1.82) is 0 Å². The van der Waals surface area contributed by atoms with Crippen LogP contribution >= 0.6 is 0 Å². The van der Waals surface area contributed by atoms with Crippen LogP contribution in [0.15, 0.2) is 78.9 Å². The van der Waals surface area contributed by atoms with Gasteiger partial charge in [0, 0.05) is 38.5 Å². The second-order valence-electron chi connectivity index (χ2n) is 9.58. The van der Waals surface area contributed by atoms with Gasteiger partial charge in [0.1, 0.15) is 6.04 Å². The molecule has 0 aromatic heterocycles. The summed E-state index contributed by atoms with van der Waals surface area (Å²) < 4.78 is 37.3. The van der Waals surface area contributed by atoms with E-state index in [1.807, 2.05) is 67.6 Å². The number of nitrogens with zero attached hydrogens (tertiary/aromatic N) is 2. The Morgan fingerprint density at radius 3 is 2.23 bits per heavy atom. The highest BCUT2D eigenvalue weighted by Gasteiger charge is 2.30. The predicted octanol–water partition coefficient (Wildman–Crippen LogP) is 3.74. The zero-order valence-electron chi connectivity index (χ0n) is 22.8. The highest BCUT2D eigenvalue weighted by Crippen LogP contribution is 2.36. The third kappa shape index (κ3) is 7.53. The van der Waals surface area contributed by atoms with Crippen molar-refractivity contribution in [2.45, 2.75) is 38.8 Å². The van der Waals surface area contributed by atoms with Crippen LogP contribution in [0.25, 0.3) is 0 Å². The molecule has 1 aliphatic rings. The smallest absolute Gasteiger partial charge is 0.243 e. The summed E-state index contributed by atoms with van der Waals surface area (Å²) in [5.74, 6) is 0.574. The highest BCUT2D eigenvalue weighted by molar-refractivity contribution is 7.92. The average Bonchev–Trinajstić information content (AvgIpc) is 3.41. The summed E-state index contributed by atoms with van der Waals surface area (Å²) in [5, 5.41) is 2.88. The van der Waals surface area contributed by atoms with Gasteiger partial charge in [-0.3, -0.25) is 13.9 Å². The summed E-state index contributed by atoms with van der Waals surface area (Å²) in [6, 6.07) is 23.3. The molecule has 40 heavy (non-hydrogen) atoms. The quantitative estimate of drug-likeness (QED) is 0.339. The van der Waals surface area contributed by atoms with Crippen LogP contribution in [0.3, 0.4) is 0 Å². The van der Waals surface area contributed by atoms with E-state index >= 15 is 0 Å². The molecule has 4 rings (SSSR count). The number of ether oxygens (including phenoxy) is 2. The Morgan fingerprint density at radius 2 is 1.57 bits per heavy atom. The van der Waals surface area contributed by atoms with E-state index in [2.05, 4.69) is 5.32 Å². The van der Waals surface area contributed by atoms with Crippen LogP contribution in [-0.4, -0.2) is 57.3 Å². The van der Waals surface area contributed by atoms with Gasteiger partial charge in [0.05, 0.1) is 11.9 Å². The lowest BCUT2D eigenvalue weighted by Gasteiger charge is -2.32. The molecule has 1 heterocycles. The number of amides is 2. The van der Waals surface area contributed by atoms with Gasteiger partial charge in [-0.25, -0.2) is 8.42 Å². The number of benzene rings is 3. The molecule has 1 atom stereocenters. The van der Waals surface area contributed by atoms with Crippen molar-refractivity contribution in [1.82, 2.24) is 10.2 Å². The molecule has 0 fully saturated rings. The van der Waals surface area contributed by atoms with Gasteiger partial charge in [0.15, 0.2) is 11.5 Å². The number of carbonyl (C=O) groups is 2. The fourth-order valence-electron chi connectivity index (χ4n) is 4.67. The molecule has 3 aromatic rings. The number of hydrogen-bond acceptors (Lipinski definition) is 6. The van der Waals surface area contributed by atoms with E-state index in [0.717, 1.165) is 17.4 Å². The lowest BCUT2D eigenvalue weighted by Crippen LogP contribution is -2.50. The van der Waals surface area contributed by atoms with Crippen molar-refractivity contribution in [3.05, 3.63) is 90.0 Å². The molecule has 10 heteroatoms. The molecule has 0 radical (unpaired) electrons. The van der Waals surface area contributed by atoms with Gasteiger partial charge < -0.3 is 19.7 Å². The van der Waals surface area contributed by atoms with Gasteiger partial charge in [-0.05, 0) is 36.6 Å². The van der Waals surface area contributed by atoms with Crippen LogP contribution in [0.5, 0.6) is 11.5 Å². The zero-order valence-corrected chi connectivity index (χ0v) is 23.6. The lowest BCUT2D eigenvalue weighted by atomic mass is 10.0. The summed E-state index contributed by atoms with van der Waals surface area (Å²) in [4.78, 5) is 28.6. The van der Waals surface area contributed by atoms with Crippen molar-refractivity contribution in [2.75, 3.05) is 30.4 Å². The Kier molecular flexibility index (Phi) is 9.65. The fraction of sp³-hybridized carbons (Fsp3) is 0.333. The van der Waals surface area contributed by atoms with Crippen molar-refractivity contribution in [3.63, 3.8) is 0 Å². The Labute approximate surface area is 235 Å². The monoisotopic (exact) mass is 565 g/mol. The maximum atomic E-state index is 13.8. The van der Waals surface area contributed by atoms with Crippen molar-refractivity contribution >= 4 is 27.5 Å². The van der Waals surface area contributed by atoms with E-state index in [-0.39, 0.29) is 44.5 Å². The number of fused-ring (bicyclic) bond motifs is 1. The van der Waals surface area contributed by atoms with E-state index < -0.39 is 16.1 Å². The third-order valence-electron chi connectivity index (χ3n) is 6.61. The van der Waals surface area contributed by atoms with Crippen LogP contribution in [-0.2, 0) is 32.6 Å². The summed E-state index contributed by atoms with van der Waals surface area (Å²) >= 11 is 0. The number of carbonyl (C=O) groups excluding carboxylic acids is 2. The largest absolute Gasteiger partial charge is 0.454 e. The molecule has 3 aromatic carbocycles. The first-order valence-corrected chi connectivity index (χ1v) is 15.1. The number of sulfonamides is 1. The molecule has 0 saturated heterocycles. The molecule has 1 aliphatic heterocycles. The molecular weight excluding hydrogens is 530 g/mol. The van der Waals surface area contributed by atoms with Gasteiger partial charge in [-0.2, -0.15) is 0 Å². The first-order chi connectivity index (χ1) is 19.3. The molecule has 2 amide bonds. The second-order valence-corrected chi connectivity index (χ2v) is 11.5. The predicted molar refractivity (Wildman–Crippen MR) is 154 cm³/mol. The highest BCUT2D eigenvalue weighted by atomic mass is 32.2. The van der Waals surface area contributed by atoms with Crippen molar-refractivity contribution in [2.24, 2.45) is 0 Å². The van der Waals surface area contributed by atoms with E-state index in [1.165, 1.54) is 4.31 Å². The van der Waals surface area contributed by atoms with Crippen molar-refractivity contribution in [3.8, 4) is 11.5 Å². The average molecular weight is 566 g/mol. The molecule has 0 spiro atoms. The van der Waals surface area contributed by atoms with Gasteiger partial charge in [-0.1, -0.05) is 60.7 Å². The minimum absolute atomic E-state index is 0.0636. The summed E-state index contributed by atoms with van der Waals surface area (Å²) in [7, 11) is -3.63. The minimum Gasteiger partial charge on any atom is -0.454 e. The SMILES string of the molecule is CCNC(=O)[C@@H](Cc1ccccc1)N(Cc1ccccc1)C(=O)CCCN(c1ccc2c(c1)OCO2)S(C)(=O)=O.